The van der Waals surface area contributed by atoms with Gasteiger partial charge in [0.15, 0.2) is 0 Å². The van der Waals surface area contributed by atoms with Gasteiger partial charge in [0.25, 0.3) is 0 Å². The van der Waals surface area contributed by atoms with E-state index in [1.165, 1.54) is 7.11 Å². The van der Waals surface area contributed by atoms with Gasteiger partial charge in [-0.3, -0.25) is 4.79 Å². The molecule has 0 aromatic carbocycles. The third kappa shape index (κ3) is 8.49. The lowest BCUT2D eigenvalue weighted by Crippen LogP contribution is -2.45. The second-order valence-electron chi connectivity index (χ2n) is 5.04. The molecule has 1 atom stereocenters. The first kappa shape index (κ1) is 17.7. The summed E-state index contributed by atoms with van der Waals surface area (Å²) in [7, 11) is 1.43. The van der Waals surface area contributed by atoms with Crippen LogP contribution in [0.4, 0.5) is 4.79 Å². The van der Waals surface area contributed by atoms with E-state index in [9.17, 15) is 9.59 Å². The quantitative estimate of drug-likeness (QED) is 0.410. The molecule has 1 unspecified atom stereocenters. The van der Waals surface area contributed by atoms with Gasteiger partial charge in [0, 0.05) is 46.4 Å². The minimum absolute atomic E-state index is 0.125. The van der Waals surface area contributed by atoms with Crippen LogP contribution in [0.1, 0.15) is 12.8 Å². The summed E-state index contributed by atoms with van der Waals surface area (Å²) in [5.41, 5.74) is 0. The number of carbonyl (C=O) groups excluding carboxylic acids is 1. The van der Waals surface area contributed by atoms with E-state index < -0.39 is 12.1 Å². The first-order valence-electron chi connectivity index (χ1n) is 7.31. The number of nitrogens with one attached hydrogen (secondary N) is 3. The first-order valence-corrected chi connectivity index (χ1v) is 7.31. The molecule has 122 valence electrons. The first-order chi connectivity index (χ1) is 10.1. The van der Waals surface area contributed by atoms with Gasteiger partial charge in [-0.1, -0.05) is 0 Å². The molecule has 1 heterocycles. The van der Waals surface area contributed by atoms with Crippen molar-refractivity contribution in [3.05, 3.63) is 0 Å². The van der Waals surface area contributed by atoms with E-state index in [2.05, 4.69) is 20.9 Å². The van der Waals surface area contributed by atoms with Gasteiger partial charge < -0.3 is 30.7 Å². The monoisotopic (exact) mass is 302 g/mol. The molecular weight excluding hydrogens is 276 g/mol. The molecule has 0 radical (unpaired) electrons. The minimum atomic E-state index is -0.944. The van der Waals surface area contributed by atoms with Crippen molar-refractivity contribution < 1.29 is 19.4 Å². The molecule has 21 heavy (non-hydrogen) atoms. The second kappa shape index (κ2) is 10.4. The highest BCUT2D eigenvalue weighted by Crippen LogP contribution is 1.95. The number of amides is 2. The van der Waals surface area contributed by atoms with Crippen LogP contribution in [0.2, 0.25) is 0 Å². The van der Waals surface area contributed by atoms with Crippen LogP contribution in [-0.4, -0.2) is 81.0 Å². The number of hydrogen-bond donors (Lipinski definition) is 4. The number of hydrogen-bond acceptors (Lipinski definition) is 5. The van der Waals surface area contributed by atoms with Gasteiger partial charge in [-0.15, -0.1) is 0 Å². The Morgan fingerprint density at radius 3 is 2.67 bits per heavy atom. The van der Waals surface area contributed by atoms with Crippen LogP contribution < -0.4 is 16.0 Å². The van der Waals surface area contributed by atoms with Crippen molar-refractivity contribution in [2.24, 2.45) is 0 Å². The average Bonchev–Trinajstić information content (AvgIpc) is 2.48. The Balaban J connectivity index is 2.03. The lowest BCUT2D eigenvalue weighted by Gasteiger charge is -2.27. The molecule has 0 aliphatic carbocycles. The molecule has 0 saturated carbocycles. The highest BCUT2D eigenvalue weighted by Gasteiger charge is 2.13. The van der Waals surface area contributed by atoms with Gasteiger partial charge in [-0.05, 0) is 13.0 Å². The Morgan fingerprint density at radius 2 is 2.05 bits per heavy atom. The Bertz CT molecular complexity index is 321. The third-order valence-electron chi connectivity index (χ3n) is 3.37. The van der Waals surface area contributed by atoms with Crippen LogP contribution in [0.5, 0.6) is 0 Å². The van der Waals surface area contributed by atoms with Crippen LogP contribution >= 0.6 is 0 Å². The molecule has 0 aromatic rings. The number of methoxy groups -OCH3 is 1. The van der Waals surface area contributed by atoms with Crippen molar-refractivity contribution in [3.8, 4) is 0 Å². The molecular formula is C13H26N4O4. The van der Waals surface area contributed by atoms with Crippen molar-refractivity contribution in [2.75, 3.05) is 52.9 Å². The molecule has 0 aromatic heterocycles. The lowest BCUT2D eigenvalue weighted by atomic mass is 10.2. The largest absolute Gasteiger partial charge is 0.481 e. The fourth-order valence-electron chi connectivity index (χ4n) is 2.14. The number of carboxylic acid groups (broad SMARTS) is 1. The molecule has 1 rings (SSSR count). The molecule has 1 fully saturated rings. The summed E-state index contributed by atoms with van der Waals surface area (Å²) >= 11 is 0. The van der Waals surface area contributed by atoms with Crippen molar-refractivity contribution in [1.29, 1.82) is 0 Å². The summed E-state index contributed by atoms with van der Waals surface area (Å²) in [4.78, 5) is 24.5. The van der Waals surface area contributed by atoms with Crippen molar-refractivity contribution in [3.63, 3.8) is 0 Å². The van der Waals surface area contributed by atoms with Gasteiger partial charge in [-0.25, -0.2) is 4.79 Å². The summed E-state index contributed by atoms with van der Waals surface area (Å²) in [6.45, 7) is 5.92. The smallest absolute Gasteiger partial charge is 0.314 e. The summed E-state index contributed by atoms with van der Waals surface area (Å²) in [5.74, 6) is -0.944. The van der Waals surface area contributed by atoms with Crippen LogP contribution in [0.3, 0.4) is 0 Å². The highest BCUT2D eigenvalue weighted by atomic mass is 16.5. The van der Waals surface area contributed by atoms with Crippen LogP contribution in [0, 0.1) is 0 Å². The molecule has 0 bridgehead atoms. The van der Waals surface area contributed by atoms with E-state index in [1.54, 1.807) is 0 Å². The van der Waals surface area contributed by atoms with Crippen LogP contribution in [-0.2, 0) is 9.53 Å². The topological polar surface area (TPSA) is 103 Å². The zero-order valence-electron chi connectivity index (χ0n) is 12.6. The van der Waals surface area contributed by atoms with E-state index >= 15 is 0 Å². The van der Waals surface area contributed by atoms with Crippen molar-refractivity contribution >= 4 is 12.0 Å². The second-order valence-corrected chi connectivity index (χ2v) is 5.04. The molecule has 4 N–H and O–H groups in total. The van der Waals surface area contributed by atoms with Gasteiger partial charge in [0.2, 0.25) is 0 Å². The number of carbonyl (C=O) groups is 2. The van der Waals surface area contributed by atoms with Gasteiger partial charge in [0.1, 0.15) is 0 Å². The van der Waals surface area contributed by atoms with Crippen molar-refractivity contribution in [1.82, 2.24) is 20.9 Å². The SMILES string of the molecule is COC(CNC(=O)NCCCN1CCNCC1)CC(=O)O. The summed E-state index contributed by atoms with van der Waals surface area (Å²) in [6, 6.07) is -0.289. The fourth-order valence-corrected chi connectivity index (χ4v) is 2.14. The predicted octanol–water partition coefficient (Wildman–Crippen LogP) is -0.929. The Kier molecular flexibility index (Phi) is 8.72. The Labute approximate surface area is 125 Å². The molecule has 2 amide bonds. The van der Waals surface area contributed by atoms with Gasteiger partial charge in [0.05, 0.1) is 12.5 Å². The number of ether oxygens (including phenoxy) is 1. The number of carboxylic acids is 1. The van der Waals surface area contributed by atoms with Crippen LogP contribution in [0.25, 0.3) is 0 Å². The number of piperazine rings is 1. The van der Waals surface area contributed by atoms with E-state index in [0.29, 0.717) is 6.54 Å². The average molecular weight is 302 g/mol. The van der Waals surface area contributed by atoms with E-state index in [4.69, 9.17) is 9.84 Å². The van der Waals surface area contributed by atoms with E-state index in [1.807, 2.05) is 0 Å². The standard InChI is InChI=1S/C13H26N4O4/c1-21-11(9-12(18)19)10-16-13(20)15-3-2-6-17-7-4-14-5-8-17/h11,14H,2-10H2,1H3,(H,18,19)(H2,15,16,20). The van der Waals surface area contributed by atoms with Gasteiger partial charge in [-0.2, -0.15) is 0 Å². The van der Waals surface area contributed by atoms with Gasteiger partial charge >= 0.3 is 12.0 Å². The maximum Gasteiger partial charge on any atom is 0.314 e. The maximum atomic E-state index is 11.6. The Morgan fingerprint density at radius 1 is 1.33 bits per heavy atom. The predicted molar refractivity (Wildman–Crippen MR) is 78.4 cm³/mol. The molecule has 8 heteroatoms. The Hall–Kier alpha value is -1.38. The molecule has 8 nitrogen and oxygen atoms in total. The number of rotatable bonds is 9. The number of nitrogens with zero attached hydrogens (tertiary/aromatic N) is 1. The zero-order valence-corrected chi connectivity index (χ0v) is 12.6. The number of aliphatic carboxylic acids is 1. The summed E-state index contributed by atoms with van der Waals surface area (Å²) in [6.07, 6.45) is 0.268. The summed E-state index contributed by atoms with van der Waals surface area (Å²) in [5, 5.41) is 17.3. The maximum absolute atomic E-state index is 11.6. The van der Waals surface area contributed by atoms with E-state index in [-0.39, 0.29) is 19.0 Å². The van der Waals surface area contributed by atoms with Crippen molar-refractivity contribution in [2.45, 2.75) is 18.9 Å². The zero-order chi connectivity index (χ0) is 15.5. The lowest BCUT2D eigenvalue weighted by molar-refractivity contribution is -0.139. The molecule has 1 aliphatic rings. The molecule has 1 saturated heterocycles. The third-order valence-corrected chi connectivity index (χ3v) is 3.37. The highest BCUT2D eigenvalue weighted by molar-refractivity contribution is 5.74. The summed E-state index contributed by atoms with van der Waals surface area (Å²) < 4.78 is 4.98. The minimum Gasteiger partial charge on any atom is -0.481 e. The van der Waals surface area contributed by atoms with E-state index in [0.717, 1.165) is 39.1 Å². The van der Waals surface area contributed by atoms with Crippen LogP contribution in [0.15, 0.2) is 0 Å². The normalized spacial score (nSPS) is 17.2. The fraction of sp³-hybridized carbons (Fsp3) is 0.846. The number of urea groups is 1. The molecule has 0 spiro atoms. The molecule has 1 aliphatic heterocycles.